The second-order valence-corrected chi connectivity index (χ2v) is 5.56. The maximum absolute atomic E-state index is 12.8. The van der Waals surface area contributed by atoms with Gasteiger partial charge in [0, 0.05) is 19.3 Å². The molecule has 0 spiro atoms. The number of rotatable bonds is 6. The van der Waals surface area contributed by atoms with Crippen molar-refractivity contribution < 1.29 is 18.7 Å². The number of halogens is 1. The van der Waals surface area contributed by atoms with Gasteiger partial charge in [0.15, 0.2) is 0 Å². The molecule has 1 aromatic carbocycles. The van der Waals surface area contributed by atoms with Crippen LogP contribution in [0.4, 0.5) is 10.2 Å². The third-order valence-electron chi connectivity index (χ3n) is 3.82. The van der Waals surface area contributed by atoms with Crippen LogP contribution < -0.4 is 15.0 Å². The van der Waals surface area contributed by atoms with Crippen molar-refractivity contribution in [3.63, 3.8) is 0 Å². The minimum atomic E-state index is -0.311. The van der Waals surface area contributed by atoms with Gasteiger partial charge in [-0.15, -0.1) is 0 Å². The van der Waals surface area contributed by atoms with Crippen molar-refractivity contribution in [2.24, 2.45) is 0 Å². The summed E-state index contributed by atoms with van der Waals surface area (Å²) in [4.78, 5) is 18.6. The Morgan fingerprint density at radius 2 is 1.96 bits per heavy atom. The summed E-state index contributed by atoms with van der Waals surface area (Å²) in [6.07, 6.45) is 1.57. The van der Waals surface area contributed by atoms with Crippen molar-refractivity contribution in [3.8, 4) is 5.75 Å². The Hall–Kier alpha value is -2.67. The number of nitrogens with one attached hydrogen (secondary N) is 1. The molecule has 1 fully saturated rings. The molecule has 0 atom stereocenters. The first-order valence-corrected chi connectivity index (χ1v) is 8.18. The van der Waals surface area contributed by atoms with Crippen molar-refractivity contribution >= 4 is 11.7 Å². The van der Waals surface area contributed by atoms with Crippen LogP contribution in [0.2, 0.25) is 0 Å². The van der Waals surface area contributed by atoms with Gasteiger partial charge in [-0.25, -0.2) is 9.37 Å². The van der Waals surface area contributed by atoms with Gasteiger partial charge in [0.05, 0.1) is 25.3 Å². The van der Waals surface area contributed by atoms with E-state index in [0.29, 0.717) is 37.7 Å². The molecule has 7 heteroatoms. The number of anilines is 1. The van der Waals surface area contributed by atoms with Gasteiger partial charge in [0.25, 0.3) is 5.91 Å². The van der Waals surface area contributed by atoms with Crippen molar-refractivity contribution in [2.45, 2.75) is 0 Å². The number of carbonyl (C=O) groups is 1. The molecule has 2 aromatic rings. The zero-order valence-electron chi connectivity index (χ0n) is 13.8. The van der Waals surface area contributed by atoms with Gasteiger partial charge in [0.1, 0.15) is 24.0 Å². The van der Waals surface area contributed by atoms with Crippen LogP contribution in [0.15, 0.2) is 42.6 Å². The fourth-order valence-electron chi connectivity index (χ4n) is 2.47. The Balaban J connectivity index is 1.43. The van der Waals surface area contributed by atoms with E-state index in [1.165, 1.54) is 12.1 Å². The maximum atomic E-state index is 12.8. The molecule has 1 amide bonds. The van der Waals surface area contributed by atoms with E-state index < -0.39 is 0 Å². The van der Waals surface area contributed by atoms with Crippen LogP contribution in [0.5, 0.6) is 5.75 Å². The second kappa shape index (κ2) is 8.43. The van der Waals surface area contributed by atoms with E-state index in [4.69, 9.17) is 9.47 Å². The molecule has 1 aliphatic rings. The number of carbonyl (C=O) groups excluding carboxylic acids is 1. The monoisotopic (exact) mass is 345 g/mol. The first-order valence-electron chi connectivity index (χ1n) is 8.18. The fourth-order valence-corrected chi connectivity index (χ4v) is 2.47. The van der Waals surface area contributed by atoms with Crippen LogP contribution in [0.25, 0.3) is 0 Å². The van der Waals surface area contributed by atoms with Gasteiger partial charge >= 0.3 is 0 Å². The van der Waals surface area contributed by atoms with Crippen LogP contribution in [-0.2, 0) is 4.74 Å². The Morgan fingerprint density at radius 1 is 1.20 bits per heavy atom. The molecular formula is C18H20FN3O3. The Bertz CT molecular complexity index is 686. The summed E-state index contributed by atoms with van der Waals surface area (Å²) < 4.78 is 23.5. The summed E-state index contributed by atoms with van der Waals surface area (Å²) in [5.74, 6) is 0.893. The summed E-state index contributed by atoms with van der Waals surface area (Å²) in [6.45, 7) is 3.65. The average Bonchev–Trinajstić information content (AvgIpc) is 2.67. The van der Waals surface area contributed by atoms with E-state index in [9.17, 15) is 9.18 Å². The zero-order chi connectivity index (χ0) is 17.5. The van der Waals surface area contributed by atoms with E-state index in [2.05, 4.69) is 15.2 Å². The minimum absolute atomic E-state index is 0.205. The summed E-state index contributed by atoms with van der Waals surface area (Å²) >= 11 is 0. The molecule has 0 saturated carbocycles. The van der Waals surface area contributed by atoms with Crippen molar-refractivity contribution in [1.82, 2.24) is 10.3 Å². The molecule has 1 aromatic heterocycles. The van der Waals surface area contributed by atoms with Crippen LogP contribution in [0.1, 0.15) is 10.4 Å². The van der Waals surface area contributed by atoms with Gasteiger partial charge in [-0.3, -0.25) is 4.79 Å². The summed E-state index contributed by atoms with van der Waals surface area (Å²) in [6, 6.07) is 9.35. The largest absolute Gasteiger partial charge is 0.492 e. The summed E-state index contributed by atoms with van der Waals surface area (Å²) in [5.41, 5.74) is 0.499. The lowest BCUT2D eigenvalue weighted by atomic mass is 10.2. The van der Waals surface area contributed by atoms with Crippen molar-refractivity contribution in [1.29, 1.82) is 0 Å². The fraction of sp³-hybridized carbons (Fsp3) is 0.333. The van der Waals surface area contributed by atoms with E-state index in [1.54, 1.807) is 24.4 Å². The number of amides is 1. The Labute approximate surface area is 145 Å². The lowest BCUT2D eigenvalue weighted by molar-refractivity contribution is 0.0946. The molecule has 0 bridgehead atoms. The van der Waals surface area contributed by atoms with Gasteiger partial charge in [-0.05, 0) is 36.4 Å². The molecule has 0 aliphatic carbocycles. The Kier molecular flexibility index (Phi) is 5.79. The molecule has 3 rings (SSSR count). The van der Waals surface area contributed by atoms with Gasteiger partial charge in [-0.1, -0.05) is 0 Å². The topological polar surface area (TPSA) is 63.7 Å². The highest BCUT2D eigenvalue weighted by Crippen LogP contribution is 2.13. The van der Waals surface area contributed by atoms with E-state index in [0.717, 1.165) is 18.9 Å². The lowest BCUT2D eigenvalue weighted by Gasteiger charge is -2.27. The molecule has 6 nitrogen and oxygen atoms in total. The molecule has 1 saturated heterocycles. The first-order chi connectivity index (χ1) is 12.2. The number of pyridine rings is 1. The summed E-state index contributed by atoms with van der Waals surface area (Å²) in [5, 5.41) is 2.77. The van der Waals surface area contributed by atoms with Crippen LogP contribution >= 0.6 is 0 Å². The lowest BCUT2D eigenvalue weighted by Crippen LogP contribution is -2.36. The van der Waals surface area contributed by atoms with E-state index >= 15 is 0 Å². The number of hydrogen-bond acceptors (Lipinski definition) is 5. The highest BCUT2D eigenvalue weighted by molar-refractivity contribution is 5.94. The molecule has 1 N–H and O–H groups in total. The third-order valence-corrected chi connectivity index (χ3v) is 3.82. The van der Waals surface area contributed by atoms with Crippen LogP contribution in [0, 0.1) is 5.82 Å². The van der Waals surface area contributed by atoms with Crippen LogP contribution in [0.3, 0.4) is 0 Å². The first kappa shape index (κ1) is 17.2. The third kappa shape index (κ3) is 4.90. The zero-order valence-corrected chi connectivity index (χ0v) is 13.8. The van der Waals surface area contributed by atoms with Crippen molar-refractivity contribution in [3.05, 3.63) is 54.0 Å². The number of morpholine rings is 1. The smallest absolute Gasteiger partial charge is 0.252 e. The number of benzene rings is 1. The highest BCUT2D eigenvalue weighted by Gasteiger charge is 2.13. The molecule has 0 radical (unpaired) electrons. The predicted octanol–water partition coefficient (Wildman–Crippen LogP) is 1.87. The van der Waals surface area contributed by atoms with Gasteiger partial charge < -0.3 is 19.7 Å². The Morgan fingerprint density at radius 3 is 2.64 bits per heavy atom. The molecule has 132 valence electrons. The summed E-state index contributed by atoms with van der Waals surface area (Å²) in [7, 11) is 0. The average molecular weight is 345 g/mol. The molecular weight excluding hydrogens is 325 g/mol. The molecule has 25 heavy (non-hydrogen) atoms. The highest BCUT2D eigenvalue weighted by atomic mass is 19.1. The predicted molar refractivity (Wildman–Crippen MR) is 91.5 cm³/mol. The quantitative estimate of drug-likeness (QED) is 0.810. The van der Waals surface area contributed by atoms with Crippen LogP contribution in [-0.4, -0.2) is 50.3 Å². The standard InChI is InChI=1S/C18H20FN3O3/c19-15-2-4-16(5-3-15)25-10-7-20-18(23)14-1-6-17(21-13-14)22-8-11-24-12-9-22/h1-6,13H,7-12H2,(H,20,23). The SMILES string of the molecule is O=C(NCCOc1ccc(F)cc1)c1ccc(N2CCOCC2)nc1. The van der Waals surface area contributed by atoms with Gasteiger partial charge in [0.2, 0.25) is 0 Å². The molecule has 2 heterocycles. The molecule has 1 aliphatic heterocycles. The van der Waals surface area contributed by atoms with E-state index in [1.807, 2.05) is 6.07 Å². The number of hydrogen-bond donors (Lipinski definition) is 1. The molecule has 0 unspecified atom stereocenters. The normalized spacial score (nSPS) is 14.2. The van der Waals surface area contributed by atoms with E-state index in [-0.39, 0.29) is 11.7 Å². The van der Waals surface area contributed by atoms with Gasteiger partial charge in [-0.2, -0.15) is 0 Å². The second-order valence-electron chi connectivity index (χ2n) is 5.56. The van der Waals surface area contributed by atoms with Crippen molar-refractivity contribution in [2.75, 3.05) is 44.4 Å². The number of nitrogens with zero attached hydrogens (tertiary/aromatic N) is 2. The number of aromatic nitrogens is 1. The minimum Gasteiger partial charge on any atom is -0.492 e. The maximum Gasteiger partial charge on any atom is 0.252 e. The number of ether oxygens (including phenoxy) is 2.